The molecule has 3 nitrogen and oxygen atoms in total. The van der Waals surface area contributed by atoms with E-state index < -0.39 is 6.10 Å². The van der Waals surface area contributed by atoms with Crippen LogP contribution in [0.5, 0.6) is 0 Å². The molecule has 0 aliphatic heterocycles. The molecule has 0 saturated heterocycles. The van der Waals surface area contributed by atoms with Crippen LogP contribution in [0.4, 0.5) is 0 Å². The minimum atomic E-state index is -0.395. The van der Waals surface area contributed by atoms with E-state index in [0.29, 0.717) is 17.8 Å². The topological polar surface area (TPSA) is 60.7 Å². The van der Waals surface area contributed by atoms with Gasteiger partial charge in [-0.15, -0.1) is 0 Å². The molecule has 3 N–H and O–H groups in total. The molecule has 0 amide bonds. The van der Waals surface area contributed by atoms with E-state index in [1.165, 1.54) is 5.57 Å². The molecule has 0 aromatic carbocycles. The summed E-state index contributed by atoms with van der Waals surface area (Å²) in [6.07, 6.45) is 8.05. The minimum Gasteiger partial charge on any atom is -0.393 e. The zero-order valence-corrected chi connectivity index (χ0v) is 13.8. The molecule has 3 saturated carbocycles. The average Bonchev–Trinajstić information content (AvgIpc) is 2.77. The second-order valence-corrected chi connectivity index (χ2v) is 8.92. The zero-order chi connectivity index (χ0) is 15.7. The van der Waals surface area contributed by atoms with Gasteiger partial charge in [-0.25, -0.2) is 0 Å². The van der Waals surface area contributed by atoms with E-state index in [1.807, 2.05) is 0 Å². The van der Waals surface area contributed by atoms with Gasteiger partial charge in [0, 0.05) is 0 Å². The van der Waals surface area contributed by atoms with Crippen molar-refractivity contribution in [3.63, 3.8) is 0 Å². The molecule has 4 aliphatic rings. The number of hydrogen-bond acceptors (Lipinski definition) is 3. The molecule has 4 rings (SSSR count). The fourth-order valence-electron chi connectivity index (χ4n) is 6.60. The Labute approximate surface area is 133 Å². The van der Waals surface area contributed by atoms with Crippen molar-refractivity contribution in [2.24, 2.45) is 28.6 Å². The Morgan fingerprint density at radius 2 is 1.73 bits per heavy atom. The molecule has 4 aliphatic carbocycles. The van der Waals surface area contributed by atoms with Crippen LogP contribution in [-0.4, -0.2) is 33.6 Å². The predicted octanol–water partition coefficient (Wildman–Crippen LogP) is 2.64. The highest BCUT2D eigenvalue weighted by atomic mass is 16.3. The van der Waals surface area contributed by atoms with Crippen LogP contribution in [0.1, 0.15) is 58.8 Å². The van der Waals surface area contributed by atoms with Crippen LogP contribution in [0.2, 0.25) is 0 Å². The third-order valence-electron chi connectivity index (χ3n) is 8.05. The Balaban J connectivity index is 1.73. The van der Waals surface area contributed by atoms with E-state index in [4.69, 9.17) is 0 Å². The highest BCUT2D eigenvalue weighted by molar-refractivity contribution is 5.27. The second kappa shape index (κ2) is 4.81. The monoisotopic (exact) mass is 306 g/mol. The van der Waals surface area contributed by atoms with Gasteiger partial charge in [-0.05, 0) is 73.5 Å². The summed E-state index contributed by atoms with van der Waals surface area (Å²) in [7, 11) is 0. The quantitative estimate of drug-likeness (QED) is 0.603. The van der Waals surface area contributed by atoms with Gasteiger partial charge >= 0.3 is 0 Å². The fraction of sp³-hybridized carbons (Fsp3) is 0.895. The maximum absolute atomic E-state index is 10.9. The van der Waals surface area contributed by atoms with Gasteiger partial charge in [0.1, 0.15) is 0 Å². The van der Waals surface area contributed by atoms with Crippen molar-refractivity contribution in [1.82, 2.24) is 0 Å². The lowest BCUT2D eigenvalue weighted by molar-refractivity contribution is -0.105. The summed E-state index contributed by atoms with van der Waals surface area (Å²) in [6.45, 7) is 4.60. The van der Waals surface area contributed by atoms with Crippen LogP contribution in [0.15, 0.2) is 11.6 Å². The maximum atomic E-state index is 10.9. The number of hydrogen-bond donors (Lipinski definition) is 3. The standard InChI is InChI=1S/C19H30O3/c1-18-7-5-12(20)9-11(18)10-15(21)17-13-3-4-16(22)19(13,2)8-6-14(17)18/h10,12-17,20-22H,3-9H2,1-2H3/t12-,13?,14?,15?,16-,17?,18?,19?/m0/s1. The molecule has 22 heavy (non-hydrogen) atoms. The predicted molar refractivity (Wildman–Crippen MR) is 85.1 cm³/mol. The summed E-state index contributed by atoms with van der Waals surface area (Å²) in [5.74, 6) is 1.25. The van der Waals surface area contributed by atoms with Crippen LogP contribution in [-0.2, 0) is 0 Å². The van der Waals surface area contributed by atoms with Crippen molar-refractivity contribution in [3.8, 4) is 0 Å². The molecular formula is C19H30O3. The van der Waals surface area contributed by atoms with Crippen molar-refractivity contribution in [2.45, 2.75) is 77.1 Å². The second-order valence-electron chi connectivity index (χ2n) is 8.92. The largest absolute Gasteiger partial charge is 0.393 e. The van der Waals surface area contributed by atoms with Gasteiger partial charge in [0.05, 0.1) is 18.3 Å². The number of fused-ring (bicyclic) bond motifs is 5. The minimum absolute atomic E-state index is 0.00195. The first kappa shape index (κ1) is 15.2. The molecule has 3 heteroatoms. The lowest BCUT2D eigenvalue weighted by Gasteiger charge is -2.58. The fourth-order valence-corrected chi connectivity index (χ4v) is 6.60. The summed E-state index contributed by atoms with van der Waals surface area (Å²) >= 11 is 0. The lowest BCUT2D eigenvalue weighted by Crippen LogP contribution is -2.55. The molecule has 0 aromatic rings. The first-order chi connectivity index (χ1) is 10.4. The van der Waals surface area contributed by atoms with Gasteiger partial charge in [-0.3, -0.25) is 0 Å². The van der Waals surface area contributed by atoms with Crippen LogP contribution < -0.4 is 0 Å². The third kappa shape index (κ3) is 1.85. The van der Waals surface area contributed by atoms with Crippen molar-refractivity contribution in [3.05, 3.63) is 11.6 Å². The number of rotatable bonds is 0. The summed E-state index contributed by atoms with van der Waals surface area (Å²) in [5, 5.41) is 31.3. The Morgan fingerprint density at radius 3 is 2.50 bits per heavy atom. The van der Waals surface area contributed by atoms with Gasteiger partial charge in [-0.1, -0.05) is 25.5 Å². The smallest absolute Gasteiger partial charge is 0.0757 e. The summed E-state index contributed by atoms with van der Waals surface area (Å²) < 4.78 is 0. The molecule has 0 bridgehead atoms. The van der Waals surface area contributed by atoms with Gasteiger partial charge in [0.2, 0.25) is 0 Å². The maximum Gasteiger partial charge on any atom is 0.0757 e. The SMILES string of the molecule is CC12CC[C@H](O)CC1=CC(O)C1C2CCC2(C)C1CC[C@@H]2O. The molecule has 3 fully saturated rings. The van der Waals surface area contributed by atoms with Crippen molar-refractivity contribution in [2.75, 3.05) is 0 Å². The molecule has 0 heterocycles. The van der Waals surface area contributed by atoms with Gasteiger partial charge < -0.3 is 15.3 Å². The van der Waals surface area contributed by atoms with E-state index in [1.54, 1.807) is 0 Å². The van der Waals surface area contributed by atoms with Gasteiger partial charge in [-0.2, -0.15) is 0 Å². The summed E-state index contributed by atoms with van der Waals surface area (Å²) in [5.41, 5.74) is 1.44. The Bertz CT molecular complexity index is 501. The van der Waals surface area contributed by atoms with Gasteiger partial charge in [0.25, 0.3) is 0 Å². The first-order valence-corrected chi connectivity index (χ1v) is 9.11. The molecular weight excluding hydrogens is 276 g/mol. The first-order valence-electron chi connectivity index (χ1n) is 9.11. The highest BCUT2D eigenvalue weighted by Crippen LogP contribution is 2.64. The summed E-state index contributed by atoms with van der Waals surface area (Å²) in [4.78, 5) is 0. The normalized spacial score (nSPS) is 57.6. The Kier molecular flexibility index (Phi) is 3.32. The molecule has 8 atom stereocenters. The number of aliphatic hydroxyl groups excluding tert-OH is 3. The third-order valence-corrected chi connectivity index (χ3v) is 8.05. The lowest BCUT2D eigenvalue weighted by atomic mass is 9.47. The van der Waals surface area contributed by atoms with E-state index in [2.05, 4.69) is 19.9 Å². The van der Waals surface area contributed by atoms with Crippen molar-refractivity contribution < 1.29 is 15.3 Å². The molecule has 0 aromatic heterocycles. The van der Waals surface area contributed by atoms with Crippen LogP contribution in [0.3, 0.4) is 0 Å². The zero-order valence-electron chi connectivity index (χ0n) is 13.8. The van der Waals surface area contributed by atoms with Crippen LogP contribution >= 0.6 is 0 Å². The Morgan fingerprint density at radius 1 is 0.955 bits per heavy atom. The van der Waals surface area contributed by atoms with E-state index in [0.717, 1.165) is 44.9 Å². The van der Waals surface area contributed by atoms with Crippen LogP contribution in [0, 0.1) is 28.6 Å². The Hall–Kier alpha value is -0.380. The van der Waals surface area contributed by atoms with Crippen molar-refractivity contribution in [1.29, 1.82) is 0 Å². The average molecular weight is 306 g/mol. The van der Waals surface area contributed by atoms with Gasteiger partial charge in [0.15, 0.2) is 0 Å². The van der Waals surface area contributed by atoms with Crippen LogP contribution in [0.25, 0.3) is 0 Å². The highest BCUT2D eigenvalue weighted by Gasteiger charge is 2.60. The molecule has 0 radical (unpaired) electrons. The van der Waals surface area contributed by atoms with E-state index >= 15 is 0 Å². The number of aliphatic hydroxyl groups is 3. The molecule has 0 spiro atoms. The van der Waals surface area contributed by atoms with E-state index in [-0.39, 0.29) is 23.0 Å². The molecule has 6 unspecified atom stereocenters. The van der Waals surface area contributed by atoms with Crippen molar-refractivity contribution >= 4 is 0 Å². The van der Waals surface area contributed by atoms with E-state index in [9.17, 15) is 15.3 Å². The molecule has 124 valence electrons. The summed E-state index contributed by atoms with van der Waals surface area (Å²) in [6, 6.07) is 0.